The average molecular weight is 384 g/mol. The van der Waals surface area contributed by atoms with Gasteiger partial charge in [-0.3, -0.25) is 10.1 Å². The van der Waals surface area contributed by atoms with Crippen LogP contribution in [0.3, 0.4) is 0 Å². The lowest BCUT2D eigenvalue weighted by Gasteiger charge is -2.18. The van der Waals surface area contributed by atoms with Crippen molar-refractivity contribution in [2.75, 3.05) is 13.2 Å². The highest BCUT2D eigenvalue weighted by molar-refractivity contribution is 5.97. The van der Waals surface area contributed by atoms with Gasteiger partial charge in [-0.2, -0.15) is 0 Å². The number of amides is 3. The number of nitrogens with one attached hydrogen (secondary N) is 2. The van der Waals surface area contributed by atoms with Crippen LogP contribution < -0.4 is 15.4 Å². The maximum absolute atomic E-state index is 12.4. The molecule has 7 heteroatoms. The number of rotatable bonds is 7. The number of hydrogen-bond acceptors (Lipinski definition) is 5. The van der Waals surface area contributed by atoms with E-state index in [0.717, 1.165) is 11.1 Å². The van der Waals surface area contributed by atoms with E-state index in [0.29, 0.717) is 17.9 Å². The summed E-state index contributed by atoms with van der Waals surface area (Å²) in [5.41, 5.74) is 2.60. The van der Waals surface area contributed by atoms with Crippen molar-refractivity contribution in [3.63, 3.8) is 0 Å². The summed E-state index contributed by atoms with van der Waals surface area (Å²) in [6, 6.07) is 13.3. The molecule has 148 valence electrons. The quantitative estimate of drug-likeness (QED) is 0.716. The topological polar surface area (TPSA) is 93.7 Å². The van der Waals surface area contributed by atoms with E-state index < -0.39 is 24.0 Å². The fraction of sp³-hybridized carbons (Fsp3) is 0.286. The highest BCUT2D eigenvalue weighted by Crippen LogP contribution is 2.19. The third kappa shape index (κ3) is 6.12. The molecule has 3 amide bonds. The zero-order valence-electron chi connectivity index (χ0n) is 16.2. The molecule has 1 atom stereocenters. The Labute approximate surface area is 164 Å². The monoisotopic (exact) mass is 384 g/mol. The second kappa shape index (κ2) is 10.1. The van der Waals surface area contributed by atoms with Crippen LogP contribution in [-0.4, -0.2) is 31.1 Å². The van der Waals surface area contributed by atoms with Crippen molar-refractivity contribution in [1.82, 2.24) is 10.6 Å². The van der Waals surface area contributed by atoms with E-state index >= 15 is 0 Å². The van der Waals surface area contributed by atoms with E-state index in [2.05, 4.69) is 10.6 Å². The number of ether oxygens (including phenoxy) is 2. The Balaban J connectivity index is 2.04. The van der Waals surface area contributed by atoms with Gasteiger partial charge < -0.3 is 14.8 Å². The predicted octanol–water partition coefficient (Wildman–Crippen LogP) is 2.81. The first-order valence-electron chi connectivity index (χ1n) is 8.94. The van der Waals surface area contributed by atoms with Crippen LogP contribution in [0.4, 0.5) is 4.79 Å². The second-order valence-corrected chi connectivity index (χ2v) is 6.16. The van der Waals surface area contributed by atoms with E-state index in [-0.39, 0.29) is 6.61 Å². The van der Waals surface area contributed by atoms with Crippen LogP contribution in [0.5, 0.6) is 5.75 Å². The smallest absolute Gasteiger partial charge is 0.345 e. The SMILES string of the molecule is CCNC(=O)NC(=O)[C@@H](OC(=O)COc1ccc(C)c(C)c1)c1ccccc1. The summed E-state index contributed by atoms with van der Waals surface area (Å²) in [4.78, 5) is 36.3. The first kappa shape index (κ1) is 21.0. The van der Waals surface area contributed by atoms with Crippen molar-refractivity contribution in [3.8, 4) is 5.75 Å². The van der Waals surface area contributed by atoms with Crippen LogP contribution in [0.1, 0.15) is 29.7 Å². The number of carbonyl (C=O) groups excluding carboxylic acids is 3. The van der Waals surface area contributed by atoms with Gasteiger partial charge in [0.15, 0.2) is 6.61 Å². The molecule has 0 saturated carbocycles. The molecule has 0 bridgehead atoms. The normalized spacial score (nSPS) is 11.2. The fourth-order valence-electron chi connectivity index (χ4n) is 2.39. The van der Waals surface area contributed by atoms with Gasteiger partial charge in [0.05, 0.1) is 0 Å². The minimum absolute atomic E-state index is 0.360. The van der Waals surface area contributed by atoms with Crippen LogP contribution in [-0.2, 0) is 14.3 Å². The van der Waals surface area contributed by atoms with Crippen LogP contribution in [0.25, 0.3) is 0 Å². The Morgan fingerprint density at radius 3 is 2.36 bits per heavy atom. The Morgan fingerprint density at radius 1 is 1.00 bits per heavy atom. The minimum atomic E-state index is -1.26. The summed E-state index contributed by atoms with van der Waals surface area (Å²) in [5.74, 6) is -0.933. The molecule has 0 radical (unpaired) electrons. The molecule has 0 aliphatic carbocycles. The second-order valence-electron chi connectivity index (χ2n) is 6.16. The molecule has 2 aromatic rings. The lowest BCUT2D eigenvalue weighted by atomic mass is 10.1. The Bertz CT molecular complexity index is 836. The Hall–Kier alpha value is -3.35. The van der Waals surface area contributed by atoms with Crippen molar-refractivity contribution in [2.24, 2.45) is 0 Å². The zero-order chi connectivity index (χ0) is 20.5. The standard InChI is InChI=1S/C21H24N2O5/c1-4-22-21(26)23-20(25)19(16-8-6-5-7-9-16)28-18(24)13-27-17-11-10-14(2)15(3)12-17/h5-12,19H,4,13H2,1-3H3,(H2,22,23,25,26)/t19-/m0/s1. The summed E-state index contributed by atoms with van der Waals surface area (Å²) < 4.78 is 10.8. The molecule has 0 spiro atoms. The summed E-state index contributed by atoms with van der Waals surface area (Å²) in [7, 11) is 0. The maximum atomic E-state index is 12.4. The molecule has 7 nitrogen and oxygen atoms in total. The van der Waals surface area contributed by atoms with Crippen molar-refractivity contribution < 1.29 is 23.9 Å². The van der Waals surface area contributed by atoms with Crippen LogP contribution in [0, 0.1) is 13.8 Å². The number of urea groups is 1. The number of aryl methyl sites for hydroxylation is 2. The molecule has 0 aromatic heterocycles. The molecular weight excluding hydrogens is 360 g/mol. The van der Waals surface area contributed by atoms with Crippen LogP contribution in [0.2, 0.25) is 0 Å². The molecule has 0 aliphatic rings. The summed E-state index contributed by atoms with van der Waals surface area (Å²) >= 11 is 0. The van der Waals surface area contributed by atoms with Gasteiger partial charge in [-0.25, -0.2) is 9.59 Å². The zero-order valence-corrected chi connectivity index (χ0v) is 16.2. The van der Waals surface area contributed by atoms with Gasteiger partial charge in [-0.05, 0) is 44.0 Å². The minimum Gasteiger partial charge on any atom is -0.482 e. The Morgan fingerprint density at radius 2 is 1.71 bits per heavy atom. The number of hydrogen-bond donors (Lipinski definition) is 2. The molecule has 0 fully saturated rings. The summed E-state index contributed by atoms with van der Waals surface area (Å²) in [6.45, 7) is 5.64. The summed E-state index contributed by atoms with van der Waals surface area (Å²) in [5, 5.41) is 4.62. The lowest BCUT2D eigenvalue weighted by molar-refractivity contribution is -0.158. The van der Waals surface area contributed by atoms with Crippen molar-refractivity contribution in [3.05, 3.63) is 65.2 Å². The molecule has 0 heterocycles. The first-order chi connectivity index (χ1) is 13.4. The van der Waals surface area contributed by atoms with E-state index in [4.69, 9.17) is 9.47 Å². The number of benzene rings is 2. The van der Waals surface area contributed by atoms with Crippen molar-refractivity contribution >= 4 is 17.9 Å². The van der Waals surface area contributed by atoms with E-state index in [1.165, 1.54) is 0 Å². The third-order valence-electron chi connectivity index (χ3n) is 4.00. The van der Waals surface area contributed by atoms with Gasteiger partial charge in [0.25, 0.3) is 5.91 Å². The molecule has 0 unspecified atom stereocenters. The molecule has 2 N–H and O–H groups in total. The van der Waals surface area contributed by atoms with E-state index in [9.17, 15) is 14.4 Å². The molecular formula is C21H24N2O5. The number of imide groups is 1. The highest BCUT2D eigenvalue weighted by Gasteiger charge is 2.26. The van der Waals surface area contributed by atoms with E-state index in [1.807, 2.05) is 26.0 Å². The molecule has 2 rings (SSSR count). The largest absolute Gasteiger partial charge is 0.482 e. The van der Waals surface area contributed by atoms with E-state index in [1.54, 1.807) is 43.3 Å². The third-order valence-corrected chi connectivity index (χ3v) is 4.00. The lowest BCUT2D eigenvalue weighted by Crippen LogP contribution is -2.42. The predicted molar refractivity (Wildman–Crippen MR) is 104 cm³/mol. The van der Waals surface area contributed by atoms with Gasteiger partial charge in [0.1, 0.15) is 5.75 Å². The molecule has 2 aromatic carbocycles. The number of esters is 1. The van der Waals surface area contributed by atoms with Crippen molar-refractivity contribution in [2.45, 2.75) is 26.9 Å². The van der Waals surface area contributed by atoms with Crippen molar-refractivity contribution in [1.29, 1.82) is 0 Å². The first-order valence-corrected chi connectivity index (χ1v) is 8.94. The van der Waals surface area contributed by atoms with Crippen LogP contribution in [0.15, 0.2) is 48.5 Å². The van der Waals surface area contributed by atoms with Gasteiger partial charge >= 0.3 is 12.0 Å². The van der Waals surface area contributed by atoms with Crippen LogP contribution >= 0.6 is 0 Å². The van der Waals surface area contributed by atoms with Gasteiger partial charge in [0.2, 0.25) is 6.10 Å². The fourth-order valence-corrected chi connectivity index (χ4v) is 2.39. The Kier molecular flexibility index (Phi) is 7.56. The maximum Gasteiger partial charge on any atom is 0.345 e. The van der Waals surface area contributed by atoms with Gasteiger partial charge in [0, 0.05) is 12.1 Å². The van der Waals surface area contributed by atoms with Gasteiger partial charge in [-0.1, -0.05) is 36.4 Å². The average Bonchev–Trinajstić information content (AvgIpc) is 2.67. The highest BCUT2D eigenvalue weighted by atomic mass is 16.6. The molecule has 28 heavy (non-hydrogen) atoms. The molecule has 0 aliphatic heterocycles. The summed E-state index contributed by atoms with van der Waals surface area (Å²) in [6.07, 6.45) is -1.26. The van der Waals surface area contributed by atoms with Gasteiger partial charge in [-0.15, -0.1) is 0 Å². The molecule has 0 saturated heterocycles. The number of carbonyl (C=O) groups is 3.